The van der Waals surface area contributed by atoms with Gasteiger partial charge in [-0.25, -0.2) is 4.39 Å². The molecule has 0 saturated carbocycles. The van der Waals surface area contributed by atoms with Crippen molar-refractivity contribution in [2.45, 2.75) is 19.8 Å². The van der Waals surface area contributed by atoms with Crippen LogP contribution in [0.4, 0.5) is 15.8 Å². The molecule has 2 amide bonds. The lowest BCUT2D eigenvalue weighted by Crippen LogP contribution is -2.17. The molecule has 0 aromatic heterocycles. The molecule has 118 valence electrons. The van der Waals surface area contributed by atoms with Gasteiger partial charge in [0.05, 0.1) is 5.92 Å². The van der Waals surface area contributed by atoms with Crippen LogP contribution in [0.1, 0.15) is 35.7 Å². The maximum atomic E-state index is 13.2. The van der Waals surface area contributed by atoms with Gasteiger partial charge in [0.25, 0.3) is 5.91 Å². The molecule has 5 heteroatoms. The number of hydrogen-bond donors (Lipinski definition) is 2. The summed E-state index contributed by atoms with van der Waals surface area (Å²) in [6.07, 6.45) is 0. The Morgan fingerprint density at radius 3 is 2.70 bits per heavy atom. The third-order valence-corrected chi connectivity index (χ3v) is 3.94. The Balaban J connectivity index is 1.86. The van der Waals surface area contributed by atoms with E-state index in [0.717, 1.165) is 11.3 Å². The van der Waals surface area contributed by atoms with Gasteiger partial charge in [-0.1, -0.05) is 19.9 Å². The van der Waals surface area contributed by atoms with Gasteiger partial charge in [0.2, 0.25) is 5.91 Å². The van der Waals surface area contributed by atoms with Crippen molar-refractivity contribution in [1.82, 2.24) is 0 Å². The second-order valence-electron chi connectivity index (χ2n) is 5.98. The predicted octanol–water partition coefficient (Wildman–Crippen LogP) is 3.77. The number of rotatable bonds is 3. The first-order valence-corrected chi connectivity index (χ1v) is 7.47. The maximum Gasteiger partial charge on any atom is 0.255 e. The van der Waals surface area contributed by atoms with Crippen LogP contribution in [-0.2, 0) is 4.79 Å². The van der Waals surface area contributed by atoms with Crippen molar-refractivity contribution in [3.8, 4) is 0 Å². The number of halogens is 1. The van der Waals surface area contributed by atoms with Crippen molar-refractivity contribution < 1.29 is 14.0 Å². The molecule has 4 nitrogen and oxygen atoms in total. The highest BCUT2D eigenvalue weighted by Gasteiger charge is 2.33. The molecular weight excluding hydrogens is 295 g/mol. The number of carbonyl (C=O) groups excluding carboxylic acids is 2. The van der Waals surface area contributed by atoms with Crippen molar-refractivity contribution in [2.24, 2.45) is 5.92 Å². The summed E-state index contributed by atoms with van der Waals surface area (Å²) in [5.74, 6) is -0.936. The van der Waals surface area contributed by atoms with Gasteiger partial charge in [-0.3, -0.25) is 9.59 Å². The zero-order valence-corrected chi connectivity index (χ0v) is 12.9. The molecule has 2 aromatic rings. The first-order valence-electron chi connectivity index (χ1n) is 7.47. The minimum absolute atomic E-state index is 0.0244. The largest absolute Gasteiger partial charge is 0.325 e. The summed E-state index contributed by atoms with van der Waals surface area (Å²) in [7, 11) is 0. The number of fused-ring (bicyclic) bond motifs is 1. The van der Waals surface area contributed by atoms with Crippen LogP contribution >= 0.6 is 0 Å². The Hall–Kier alpha value is -2.69. The first kappa shape index (κ1) is 15.2. The summed E-state index contributed by atoms with van der Waals surface area (Å²) < 4.78 is 13.2. The van der Waals surface area contributed by atoms with Crippen LogP contribution in [0.25, 0.3) is 0 Å². The monoisotopic (exact) mass is 312 g/mol. The van der Waals surface area contributed by atoms with Crippen molar-refractivity contribution in [1.29, 1.82) is 0 Å². The molecule has 2 N–H and O–H groups in total. The third-order valence-electron chi connectivity index (χ3n) is 3.94. The quantitative estimate of drug-likeness (QED) is 0.906. The van der Waals surface area contributed by atoms with Gasteiger partial charge < -0.3 is 10.6 Å². The second-order valence-corrected chi connectivity index (χ2v) is 5.98. The fraction of sp³-hybridized carbons (Fsp3) is 0.222. The molecule has 23 heavy (non-hydrogen) atoms. The van der Waals surface area contributed by atoms with Gasteiger partial charge in [0.1, 0.15) is 5.82 Å². The number of hydrogen-bond acceptors (Lipinski definition) is 2. The summed E-state index contributed by atoms with van der Waals surface area (Å²) in [6, 6.07) is 10.8. The van der Waals surface area contributed by atoms with Gasteiger partial charge in [-0.15, -0.1) is 0 Å². The van der Waals surface area contributed by atoms with Crippen molar-refractivity contribution in [2.75, 3.05) is 10.6 Å². The zero-order chi connectivity index (χ0) is 16.6. The molecule has 2 aromatic carbocycles. The summed E-state index contributed by atoms with van der Waals surface area (Å²) in [5, 5.41) is 5.59. The minimum atomic E-state index is -0.457. The molecule has 0 aliphatic carbocycles. The highest BCUT2D eigenvalue weighted by atomic mass is 19.1. The Kier molecular flexibility index (Phi) is 3.86. The minimum Gasteiger partial charge on any atom is -0.325 e. The van der Waals surface area contributed by atoms with Crippen LogP contribution in [0.2, 0.25) is 0 Å². The second kappa shape index (κ2) is 5.83. The Morgan fingerprint density at radius 2 is 2.00 bits per heavy atom. The predicted molar refractivity (Wildman–Crippen MR) is 87.0 cm³/mol. The number of nitrogens with one attached hydrogen (secondary N) is 2. The van der Waals surface area contributed by atoms with Crippen LogP contribution in [0.5, 0.6) is 0 Å². The van der Waals surface area contributed by atoms with Crippen LogP contribution in [0.15, 0.2) is 42.5 Å². The van der Waals surface area contributed by atoms with Crippen LogP contribution in [0.3, 0.4) is 0 Å². The van der Waals surface area contributed by atoms with E-state index >= 15 is 0 Å². The number of anilines is 2. The van der Waals surface area contributed by atoms with E-state index in [1.54, 1.807) is 24.3 Å². The van der Waals surface area contributed by atoms with Gasteiger partial charge >= 0.3 is 0 Å². The highest BCUT2D eigenvalue weighted by Crippen LogP contribution is 2.38. The fourth-order valence-electron chi connectivity index (χ4n) is 2.86. The number of carbonyl (C=O) groups is 2. The summed E-state index contributed by atoms with van der Waals surface area (Å²) in [4.78, 5) is 24.2. The summed E-state index contributed by atoms with van der Waals surface area (Å²) >= 11 is 0. The highest BCUT2D eigenvalue weighted by molar-refractivity contribution is 6.06. The van der Waals surface area contributed by atoms with Crippen molar-refractivity contribution in [3.05, 3.63) is 59.4 Å². The lowest BCUT2D eigenvalue weighted by molar-refractivity contribution is -0.117. The Morgan fingerprint density at radius 1 is 1.22 bits per heavy atom. The molecular formula is C18H17FN2O2. The van der Waals surface area contributed by atoms with Gasteiger partial charge in [-0.05, 0) is 47.9 Å². The summed E-state index contributed by atoms with van der Waals surface area (Å²) in [6.45, 7) is 3.97. The van der Waals surface area contributed by atoms with E-state index in [4.69, 9.17) is 0 Å². The lowest BCUT2D eigenvalue weighted by Gasteiger charge is -2.14. The van der Waals surface area contributed by atoms with Gasteiger partial charge in [0, 0.05) is 16.9 Å². The molecule has 0 fully saturated rings. The average Bonchev–Trinajstić information content (AvgIpc) is 2.82. The van der Waals surface area contributed by atoms with Crippen molar-refractivity contribution >= 4 is 23.2 Å². The van der Waals surface area contributed by atoms with Crippen LogP contribution < -0.4 is 10.6 Å². The number of amides is 2. The summed E-state index contributed by atoms with van der Waals surface area (Å²) in [5.41, 5.74) is 2.49. The zero-order valence-electron chi connectivity index (χ0n) is 12.9. The van der Waals surface area contributed by atoms with Crippen molar-refractivity contribution in [3.63, 3.8) is 0 Å². The fourth-order valence-corrected chi connectivity index (χ4v) is 2.86. The smallest absolute Gasteiger partial charge is 0.255 e. The Labute approximate surface area is 133 Å². The van der Waals surface area contributed by atoms with E-state index in [1.165, 1.54) is 18.2 Å². The SMILES string of the molecule is CC(C)C1C(=O)Nc2ccc(NC(=O)c3cccc(F)c3)cc21. The molecule has 0 spiro atoms. The average molecular weight is 312 g/mol. The number of benzene rings is 2. The van der Waals surface area contributed by atoms with E-state index in [2.05, 4.69) is 10.6 Å². The molecule has 1 heterocycles. The van der Waals surface area contributed by atoms with Gasteiger partial charge in [-0.2, -0.15) is 0 Å². The van der Waals surface area contributed by atoms with E-state index in [9.17, 15) is 14.0 Å². The standard InChI is InChI=1S/C18H17FN2O2/c1-10(2)16-14-9-13(6-7-15(14)21-18(16)23)20-17(22)11-4-3-5-12(19)8-11/h3-10,16H,1-2H3,(H,20,22)(H,21,23). The van der Waals surface area contributed by atoms with E-state index in [1.807, 2.05) is 13.8 Å². The van der Waals surface area contributed by atoms with E-state index < -0.39 is 5.82 Å². The topological polar surface area (TPSA) is 58.2 Å². The third kappa shape index (κ3) is 2.95. The van der Waals surface area contributed by atoms with Crippen LogP contribution in [0, 0.1) is 11.7 Å². The van der Waals surface area contributed by atoms with E-state index in [0.29, 0.717) is 5.69 Å². The molecule has 3 rings (SSSR count). The maximum absolute atomic E-state index is 13.2. The normalized spacial score (nSPS) is 16.2. The molecule has 0 bridgehead atoms. The Bertz CT molecular complexity index is 786. The lowest BCUT2D eigenvalue weighted by atomic mass is 9.89. The molecule has 0 saturated heterocycles. The molecule has 1 aliphatic heterocycles. The molecule has 0 radical (unpaired) electrons. The first-order chi connectivity index (χ1) is 11.0. The molecule has 1 atom stereocenters. The van der Waals surface area contributed by atoms with Crippen LogP contribution in [-0.4, -0.2) is 11.8 Å². The van der Waals surface area contributed by atoms with E-state index in [-0.39, 0.29) is 29.2 Å². The molecule has 1 aliphatic rings. The molecule has 1 unspecified atom stereocenters. The van der Waals surface area contributed by atoms with Gasteiger partial charge in [0.15, 0.2) is 0 Å².